The number of anilines is 1. The van der Waals surface area contributed by atoms with Crippen LogP contribution in [0.5, 0.6) is 5.75 Å². The molecule has 1 amide bonds. The molecule has 1 aromatic heterocycles. The van der Waals surface area contributed by atoms with Crippen LogP contribution in [0.25, 0.3) is 11.0 Å². The zero-order valence-corrected chi connectivity index (χ0v) is 19.6. The summed E-state index contributed by atoms with van der Waals surface area (Å²) in [5.74, 6) is 2.33. The fraction of sp³-hybridized carbons (Fsp3) is 0.462. The standard InChI is InChI=1S/C26H33N5O2/c1-28-24-11-4-3-10-23(24)27-25(28)19-29-12-6-7-20(18-29)26(32)31-15-13-30(14-16-31)21-8-5-9-22(17-21)33-2/h3-5,8-11,17,20H,6-7,12-16,18-19H2,1-2H3/t20-/m1/s1. The summed E-state index contributed by atoms with van der Waals surface area (Å²) in [5, 5.41) is 0. The van der Waals surface area contributed by atoms with Crippen LogP contribution in [-0.4, -0.2) is 71.6 Å². The van der Waals surface area contributed by atoms with E-state index >= 15 is 0 Å². The summed E-state index contributed by atoms with van der Waals surface area (Å²) in [6.07, 6.45) is 2.04. The van der Waals surface area contributed by atoms with Crippen molar-refractivity contribution in [1.29, 1.82) is 0 Å². The van der Waals surface area contributed by atoms with Gasteiger partial charge in [-0.2, -0.15) is 0 Å². The second kappa shape index (κ2) is 9.43. The Kier molecular flexibility index (Phi) is 6.22. The first-order valence-corrected chi connectivity index (χ1v) is 11.9. The van der Waals surface area contributed by atoms with Gasteiger partial charge in [-0.1, -0.05) is 18.2 Å². The van der Waals surface area contributed by atoms with Gasteiger partial charge in [0.15, 0.2) is 0 Å². The van der Waals surface area contributed by atoms with Crippen molar-refractivity contribution in [3.8, 4) is 5.75 Å². The Bertz CT molecular complexity index is 1120. The molecule has 0 N–H and O–H groups in total. The predicted octanol–water partition coefficient (Wildman–Crippen LogP) is 3.14. The molecule has 3 aromatic rings. The maximum absolute atomic E-state index is 13.3. The molecule has 33 heavy (non-hydrogen) atoms. The van der Waals surface area contributed by atoms with Gasteiger partial charge in [0.1, 0.15) is 11.6 Å². The average Bonchev–Trinajstić information content (AvgIpc) is 3.19. The first kappa shape index (κ1) is 21.8. The lowest BCUT2D eigenvalue weighted by atomic mass is 9.96. The minimum absolute atomic E-state index is 0.0804. The van der Waals surface area contributed by atoms with Crippen LogP contribution in [0.3, 0.4) is 0 Å². The molecule has 7 nitrogen and oxygen atoms in total. The number of rotatable bonds is 5. The van der Waals surface area contributed by atoms with Crippen molar-refractivity contribution in [3.05, 3.63) is 54.4 Å². The molecule has 1 atom stereocenters. The normalized spacial score (nSPS) is 19.8. The lowest BCUT2D eigenvalue weighted by Crippen LogP contribution is -2.52. The number of aromatic nitrogens is 2. The van der Waals surface area contributed by atoms with Crippen molar-refractivity contribution in [1.82, 2.24) is 19.4 Å². The van der Waals surface area contributed by atoms with E-state index in [9.17, 15) is 4.79 Å². The summed E-state index contributed by atoms with van der Waals surface area (Å²) in [5.41, 5.74) is 3.35. The average molecular weight is 448 g/mol. The Hall–Kier alpha value is -3.06. The smallest absolute Gasteiger partial charge is 0.227 e. The van der Waals surface area contributed by atoms with Gasteiger partial charge in [-0.3, -0.25) is 9.69 Å². The fourth-order valence-electron chi connectivity index (χ4n) is 5.19. The van der Waals surface area contributed by atoms with Gasteiger partial charge < -0.3 is 19.1 Å². The number of methoxy groups -OCH3 is 1. The van der Waals surface area contributed by atoms with E-state index in [4.69, 9.17) is 9.72 Å². The Morgan fingerprint density at radius 2 is 1.88 bits per heavy atom. The first-order chi connectivity index (χ1) is 16.1. The second-order valence-electron chi connectivity index (χ2n) is 9.16. The molecule has 2 saturated heterocycles. The van der Waals surface area contributed by atoms with Gasteiger partial charge in [0.25, 0.3) is 0 Å². The monoisotopic (exact) mass is 447 g/mol. The number of amides is 1. The van der Waals surface area contributed by atoms with E-state index in [1.807, 2.05) is 18.2 Å². The Labute approximate surface area is 195 Å². The summed E-state index contributed by atoms with van der Waals surface area (Å²) >= 11 is 0. The van der Waals surface area contributed by atoms with Crippen molar-refractivity contribution < 1.29 is 9.53 Å². The number of carbonyl (C=O) groups excluding carboxylic acids is 1. The zero-order chi connectivity index (χ0) is 22.8. The zero-order valence-electron chi connectivity index (χ0n) is 19.6. The van der Waals surface area contributed by atoms with Gasteiger partial charge in [-0.15, -0.1) is 0 Å². The van der Waals surface area contributed by atoms with Crippen LogP contribution in [0.1, 0.15) is 18.7 Å². The predicted molar refractivity (Wildman–Crippen MR) is 131 cm³/mol. The Morgan fingerprint density at radius 1 is 1.06 bits per heavy atom. The van der Waals surface area contributed by atoms with Crippen LogP contribution in [-0.2, 0) is 18.4 Å². The molecule has 174 valence electrons. The van der Waals surface area contributed by atoms with Crippen LogP contribution in [0.15, 0.2) is 48.5 Å². The Balaban J connectivity index is 1.18. The molecule has 0 aliphatic carbocycles. The topological polar surface area (TPSA) is 53.8 Å². The number of piperidine rings is 1. The molecule has 5 rings (SSSR count). The second-order valence-corrected chi connectivity index (χ2v) is 9.16. The first-order valence-electron chi connectivity index (χ1n) is 11.9. The molecule has 0 saturated carbocycles. The summed E-state index contributed by atoms with van der Waals surface area (Å²) in [6.45, 7) is 5.90. The lowest BCUT2D eigenvalue weighted by molar-refractivity contribution is -0.137. The minimum atomic E-state index is 0.0804. The van der Waals surface area contributed by atoms with E-state index in [1.165, 1.54) is 0 Å². The van der Waals surface area contributed by atoms with Crippen molar-refractivity contribution in [2.24, 2.45) is 13.0 Å². The number of hydrogen-bond acceptors (Lipinski definition) is 5. The van der Waals surface area contributed by atoms with Crippen LogP contribution in [0, 0.1) is 5.92 Å². The quantitative estimate of drug-likeness (QED) is 0.602. The van der Waals surface area contributed by atoms with Crippen molar-refractivity contribution in [2.45, 2.75) is 19.4 Å². The van der Waals surface area contributed by atoms with E-state index in [-0.39, 0.29) is 5.92 Å². The van der Waals surface area contributed by atoms with Crippen molar-refractivity contribution in [3.63, 3.8) is 0 Å². The molecule has 0 spiro atoms. The van der Waals surface area contributed by atoms with Gasteiger partial charge in [0.05, 0.1) is 30.6 Å². The largest absolute Gasteiger partial charge is 0.497 e. The number of likely N-dealkylation sites (tertiary alicyclic amines) is 1. The highest BCUT2D eigenvalue weighted by molar-refractivity contribution is 5.79. The summed E-state index contributed by atoms with van der Waals surface area (Å²) in [6, 6.07) is 16.4. The van der Waals surface area contributed by atoms with Crippen LogP contribution >= 0.6 is 0 Å². The molecular weight excluding hydrogens is 414 g/mol. The maximum Gasteiger partial charge on any atom is 0.227 e. The number of benzene rings is 2. The minimum Gasteiger partial charge on any atom is -0.497 e. The Morgan fingerprint density at radius 3 is 2.67 bits per heavy atom. The molecule has 2 fully saturated rings. The highest BCUT2D eigenvalue weighted by Gasteiger charge is 2.31. The molecule has 2 aliphatic heterocycles. The van der Waals surface area contributed by atoms with Gasteiger partial charge in [0.2, 0.25) is 5.91 Å². The number of aryl methyl sites for hydroxylation is 1. The molecular formula is C26H33N5O2. The number of para-hydroxylation sites is 2. The van der Waals surface area contributed by atoms with Crippen molar-refractivity contribution >= 4 is 22.6 Å². The van der Waals surface area contributed by atoms with Gasteiger partial charge in [-0.05, 0) is 43.7 Å². The molecule has 0 bridgehead atoms. The number of nitrogens with zero attached hydrogens (tertiary/aromatic N) is 5. The third kappa shape index (κ3) is 4.55. The summed E-state index contributed by atoms with van der Waals surface area (Å²) < 4.78 is 7.54. The molecule has 2 aromatic carbocycles. The number of imidazole rings is 1. The number of carbonyl (C=O) groups is 1. The molecule has 7 heteroatoms. The number of ether oxygens (including phenoxy) is 1. The molecule has 0 unspecified atom stereocenters. The van der Waals surface area contributed by atoms with E-state index in [0.29, 0.717) is 5.91 Å². The number of fused-ring (bicyclic) bond motifs is 1. The molecule has 0 radical (unpaired) electrons. The van der Waals surface area contributed by atoms with E-state index in [2.05, 4.69) is 56.6 Å². The van der Waals surface area contributed by atoms with E-state index in [1.54, 1.807) is 7.11 Å². The third-order valence-electron chi connectivity index (χ3n) is 7.11. The van der Waals surface area contributed by atoms with Crippen LogP contribution < -0.4 is 9.64 Å². The lowest BCUT2D eigenvalue weighted by Gasteiger charge is -2.39. The number of hydrogen-bond donors (Lipinski definition) is 0. The molecule has 3 heterocycles. The highest BCUT2D eigenvalue weighted by atomic mass is 16.5. The van der Waals surface area contributed by atoms with Gasteiger partial charge in [0, 0.05) is 51.5 Å². The van der Waals surface area contributed by atoms with Crippen molar-refractivity contribution in [2.75, 3.05) is 51.3 Å². The third-order valence-corrected chi connectivity index (χ3v) is 7.11. The van der Waals surface area contributed by atoms with E-state index < -0.39 is 0 Å². The summed E-state index contributed by atoms with van der Waals surface area (Å²) in [7, 11) is 3.78. The highest BCUT2D eigenvalue weighted by Crippen LogP contribution is 2.25. The summed E-state index contributed by atoms with van der Waals surface area (Å²) in [4.78, 5) is 25.0. The van der Waals surface area contributed by atoms with Crippen LogP contribution in [0.4, 0.5) is 5.69 Å². The van der Waals surface area contributed by atoms with Gasteiger partial charge >= 0.3 is 0 Å². The fourth-order valence-corrected chi connectivity index (χ4v) is 5.19. The van der Waals surface area contributed by atoms with E-state index in [0.717, 1.165) is 86.9 Å². The number of piperazine rings is 1. The van der Waals surface area contributed by atoms with Gasteiger partial charge in [-0.25, -0.2) is 4.98 Å². The SMILES string of the molecule is COc1cccc(N2CCN(C(=O)[C@@H]3CCCN(Cc4nc5ccccc5n4C)C3)CC2)c1. The van der Waals surface area contributed by atoms with Crippen LogP contribution in [0.2, 0.25) is 0 Å². The molecule has 2 aliphatic rings. The maximum atomic E-state index is 13.3.